The van der Waals surface area contributed by atoms with E-state index in [0.29, 0.717) is 11.1 Å². The summed E-state index contributed by atoms with van der Waals surface area (Å²) in [4.78, 5) is 0.0506. The van der Waals surface area contributed by atoms with Gasteiger partial charge in [-0.15, -0.1) is 0 Å². The molecule has 1 aromatic heterocycles. The first-order valence-corrected chi connectivity index (χ1v) is 7.28. The SMILES string of the molecule is O=S(=O)(Nc1cccc2ccc(O)cc12)c1cn[nH]c1. The fourth-order valence-electron chi connectivity index (χ4n) is 1.94. The minimum atomic E-state index is -3.70. The van der Waals surface area contributed by atoms with Gasteiger partial charge in [-0.05, 0) is 23.6 Å². The van der Waals surface area contributed by atoms with Crippen molar-refractivity contribution in [3.8, 4) is 5.75 Å². The molecule has 3 rings (SSSR count). The number of H-pyrrole nitrogens is 1. The van der Waals surface area contributed by atoms with Crippen molar-refractivity contribution in [2.45, 2.75) is 4.90 Å². The number of benzene rings is 2. The summed E-state index contributed by atoms with van der Waals surface area (Å²) in [6.45, 7) is 0. The zero-order valence-corrected chi connectivity index (χ0v) is 11.1. The number of aromatic amines is 1. The van der Waals surface area contributed by atoms with Crippen LogP contribution in [0.1, 0.15) is 0 Å². The number of nitrogens with zero attached hydrogens (tertiary/aromatic N) is 1. The van der Waals surface area contributed by atoms with E-state index in [4.69, 9.17) is 0 Å². The molecule has 0 atom stereocenters. The lowest BCUT2D eigenvalue weighted by atomic mass is 10.1. The van der Waals surface area contributed by atoms with E-state index in [2.05, 4.69) is 14.9 Å². The summed E-state index contributed by atoms with van der Waals surface area (Å²) in [6.07, 6.45) is 2.52. The van der Waals surface area contributed by atoms with Gasteiger partial charge in [-0.25, -0.2) is 8.42 Å². The van der Waals surface area contributed by atoms with Gasteiger partial charge in [0.25, 0.3) is 10.0 Å². The van der Waals surface area contributed by atoms with Crippen LogP contribution in [0.2, 0.25) is 0 Å². The van der Waals surface area contributed by atoms with E-state index in [1.807, 2.05) is 6.07 Å². The summed E-state index contributed by atoms with van der Waals surface area (Å²) >= 11 is 0. The molecule has 0 unspecified atom stereocenters. The van der Waals surface area contributed by atoms with Gasteiger partial charge >= 0.3 is 0 Å². The van der Waals surface area contributed by atoms with Gasteiger partial charge in [0, 0.05) is 11.6 Å². The molecule has 3 aromatic rings. The van der Waals surface area contributed by atoms with E-state index >= 15 is 0 Å². The zero-order chi connectivity index (χ0) is 14.2. The Morgan fingerprint density at radius 1 is 1.20 bits per heavy atom. The smallest absolute Gasteiger partial charge is 0.265 e. The average Bonchev–Trinajstić information content (AvgIpc) is 2.94. The normalized spacial score (nSPS) is 11.6. The van der Waals surface area contributed by atoms with Crippen LogP contribution in [0.3, 0.4) is 0 Å². The first-order chi connectivity index (χ1) is 9.56. The number of phenols is 1. The van der Waals surface area contributed by atoms with Crippen molar-refractivity contribution in [3.63, 3.8) is 0 Å². The monoisotopic (exact) mass is 289 g/mol. The van der Waals surface area contributed by atoms with Gasteiger partial charge < -0.3 is 5.11 Å². The van der Waals surface area contributed by atoms with Gasteiger partial charge in [0.15, 0.2) is 0 Å². The molecule has 0 aliphatic heterocycles. The minimum Gasteiger partial charge on any atom is -0.508 e. The molecule has 2 aromatic carbocycles. The highest BCUT2D eigenvalue weighted by Crippen LogP contribution is 2.28. The van der Waals surface area contributed by atoms with Crippen molar-refractivity contribution in [1.82, 2.24) is 10.2 Å². The van der Waals surface area contributed by atoms with Crippen LogP contribution >= 0.6 is 0 Å². The molecule has 6 nitrogen and oxygen atoms in total. The standard InChI is InChI=1S/C13H11N3O3S/c17-10-5-4-9-2-1-3-13(12(9)6-10)16-20(18,19)11-7-14-15-8-11/h1-8,16-17H,(H,14,15). The Balaban J connectivity index is 2.10. The van der Waals surface area contributed by atoms with E-state index in [-0.39, 0.29) is 10.6 Å². The van der Waals surface area contributed by atoms with E-state index in [0.717, 1.165) is 5.39 Å². The molecule has 0 aliphatic carbocycles. The van der Waals surface area contributed by atoms with Crippen LogP contribution in [-0.4, -0.2) is 23.7 Å². The Bertz CT molecular complexity index is 858. The first-order valence-electron chi connectivity index (χ1n) is 5.80. The number of rotatable bonds is 3. The molecule has 0 aliphatic rings. The number of aromatic nitrogens is 2. The van der Waals surface area contributed by atoms with Gasteiger partial charge in [-0.2, -0.15) is 5.10 Å². The summed E-state index contributed by atoms with van der Waals surface area (Å²) in [7, 11) is -3.70. The maximum absolute atomic E-state index is 12.2. The number of anilines is 1. The molecular weight excluding hydrogens is 278 g/mol. The van der Waals surface area contributed by atoms with Crippen molar-refractivity contribution in [2.24, 2.45) is 0 Å². The van der Waals surface area contributed by atoms with Crippen LogP contribution in [-0.2, 0) is 10.0 Å². The lowest BCUT2D eigenvalue weighted by molar-refractivity contribution is 0.476. The van der Waals surface area contributed by atoms with Gasteiger partial charge in [0.05, 0.1) is 11.9 Å². The Hall–Kier alpha value is -2.54. The van der Waals surface area contributed by atoms with Crippen LogP contribution < -0.4 is 4.72 Å². The maximum atomic E-state index is 12.2. The Morgan fingerprint density at radius 2 is 2.05 bits per heavy atom. The minimum absolute atomic E-state index is 0.0506. The van der Waals surface area contributed by atoms with E-state index in [1.54, 1.807) is 24.3 Å². The fourth-order valence-corrected chi connectivity index (χ4v) is 2.92. The lowest BCUT2D eigenvalue weighted by Gasteiger charge is -2.09. The van der Waals surface area contributed by atoms with Gasteiger partial charge in [0.2, 0.25) is 0 Å². The van der Waals surface area contributed by atoms with Crippen molar-refractivity contribution in [2.75, 3.05) is 4.72 Å². The molecule has 102 valence electrons. The predicted molar refractivity (Wildman–Crippen MR) is 75.0 cm³/mol. The number of nitrogens with one attached hydrogen (secondary N) is 2. The fraction of sp³-hybridized carbons (Fsp3) is 0. The molecule has 0 amide bonds. The number of phenolic OH excluding ortho intramolecular Hbond substituents is 1. The quantitative estimate of drug-likeness (QED) is 0.688. The molecule has 20 heavy (non-hydrogen) atoms. The number of fused-ring (bicyclic) bond motifs is 1. The van der Waals surface area contributed by atoms with Crippen molar-refractivity contribution >= 4 is 26.5 Å². The summed E-state index contributed by atoms with van der Waals surface area (Å²) in [6, 6.07) is 10.0. The first kappa shape index (κ1) is 12.5. The van der Waals surface area contributed by atoms with Gasteiger partial charge in [-0.1, -0.05) is 18.2 Å². The second-order valence-corrected chi connectivity index (χ2v) is 5.93. The maximum Gasteiger partial charge on any atom is 0.265 e. The van der Waals surface area contributed by atoms with Crippen LogP contribution in [0.15, 0.2) is 53.7 Å². The molecule has 1 heterocycles. The molecule has 3 N–H and O–H groups in total. The zero-order valence-electron chi connectivity index (χ0n) is 10.2. The van der Waals surface area contributed by atoms with E-state index in [9.17, 15) is 13.5 Å². The third-order valence-corrected chi connectivity index (χ3v) is 4.23. The number of sulfonamides is 1. The summed E-state index contributed by atoms with van der Waals surface area (Å²) in [5, 5.41) is 17.1. The molecule has 0 saturated carbocycles. The van der Waals surface area contributed by atoms with Crippen molar-refractivity contribution < 1.29 is 13.5 Å². The topological polar surface area (TPSA) is 95.1 Å². The molecule has 0 saturated heterocycles. The van der Waals surface area contributed by atoms with E-state index < -0.39 is 10.0 Å². The van der Waals surface area contributed by atoms with Crippen LogP contribution in [0.25, 0.3) is 10.8 Å². The van der Waals surface area contributed by atoms with Gasteiger partial charge in [0.1, 0.15) is 10.6 Å². The van der Waals surface area contributed by atoms with Crippen LogP contribution in [0.5, 0.6) is 5.75 Å². The van der Waals surface area contributed by atoms with Crippen LogP contribution in [0.4, 0.5) is 5.69 Å². The lowest BCUT2D eigenvalue weighted by Crippen LogP contribution is -2.12. The Kier molecular flexibility index (Phi) is 2.83. The second kappa shape index (κ2) is 4.53. The average molecular weight is 289 g/mol. The summed E-state index contributed by atoms with van der Waals surface area (Å²) < 4.78 is 26.8. The van der Waals surface area contributed by atoms with Gasteiger partial charge in [-0.3, -0.25) is 9.82 Å². The summed E-state index contributed by atoms with van der Waals surface area (Å²) in [5.41, 5.74) is 0.402. The second-order valence-electron chi connectivity index (χ2n) is 4.25. The molecular formula is C13H11N3O3S. The highest BCUT2D eigenvalue weighted by molar-refractivity contribution is 7.92. The molecule has 0 spiro atoms. The molecule has 0 bridgehead atoms. The number of hydrogen-bond donors (Lipinski definition) is 3. The number of hydrogen-bond acceptors (Lipinski definition) is 4. The third kappa shape index (κ3) is 2.19. The highest BCUT2D eigenvalue weighted by atomic mass is 32.2. The van der Waals surface area contributed by atoms with Crippen LogP contribution in [0, 0.1) is 0 Å². The molecule has 0 radical (unpaired) electrons. The Morgan fingerprint density at radius 3 is 2.80 bits per heavy atom. The third-order valence-electron chi connectivity index (χ3n) is 2.89. The van der Waals surface area contributed by atoms with Crippen molar-refractivity contribution in [1.29, 1.82) is 0 Å². The Labute approximate surface area is 115 Å². The summed E-state index contributed by atoms with van der Waals surface area (Å²) in [5.74, 6) is 0.0764. The molecule has 7 heteroatoms. The van der Waals surface area contributed by atoms with E-state index in [1.165, 1.54) is 18.5 Å². The number of aromatic hydroxyl groups is 1. The highest BCUT2D eigenvalue weighted by Gasteiger charge is 2.16. The predicted octanol–water partition coefficient (Wildman–Crippen LogP) is 2.07. The largest absolute Gasteiger partial charge is 0.508 e. The van der Waals surface area contributed by atoms with Crippen molar-refractivity contribution in [3.05, 3.63) is 48.8 Å². The molecule has 0 fully saturated rings.